The van der Waals surface area contributed by atoms with Gasteiger partial charge in [0.2, 0.25) is 0 Å². The minimum absolute atomic E-state index is 0.0642. The molecule has 0 aliphatic carbocycles. The maximum Gasteiger partial charge on any atom is 0.264 e. The first-order valence-corrected chi connectivity index (χ1v) is 9.93. The lowest BCUT2D eigenvalue weighted by Gasteiger charge is -2.25. The van der Waals surface area contributed by atoms with Gasteiger partial charge in [0.1, 0.15) is 4.75 Å². The van der Waals surface area contributed by atoms with E-state index in [1.54, 1.807) is 6.07 Å². The number of hydrogen-bond acceptors (Lipinski definition) is 4. The van der Waals surface area contributed by atoms with Crippen molar-refractivity contribution in [2.24, 2.45) is 0 Å². The van der Waals surface area contributed by atoms with Crippen LogP contribution in [-0.4, -0.2) is 30.5 Å². The molecular formula is C18H20ClNO4S. The van der Waals surface area contributed by atoms with Gasteiger partial charge in [-0.05, 0) is 48.6 Å². The second-order valence-electron chi connectivity index (χ2n) is 6.15. The van der Waals surface area contributed by atoms with E-state index < -0.39 is 20.5 Å². The van der Waals surface area contributed by atoms with Crippen molar-refractivity contribution in [2.45, 2.75) is 24.5 Å². The topological polar surface area (TPSA) is 83.5 Å². The zero-order valence-electron chi connectivity index (χ0n) is 14.0. The highest BCUT2D eigenvalue weighted by Crippen LogP contribution is 2.26. The molecule has 0 aromatic heterocycles. The molecule has 0 aliphatic heterocycles. The Morgan fingerprint density at radius 3 is 2.32 bits per heavy atom. The van der Waals surface area contributed by atoms with E-state index in [1.165, 1.54) is 12.4 Å². The van der Waals surface area contributed by atoms with Crippen molar-refractivity contribution < 1.29 is 18.4 Å². The van der Waals surface area contributed by atoms with E-state index in [0.29, 0.717) is 11.4 Å². The van der Waals surface area contributed by atoms with Crippen LogP contribution < -0.4 is 5.48 Å². The van der Waals surface area contributed by atoms with Crippen LogP contribution in [-0.2, 0) is 21.1 Å². The number of amides is 1. The predicted molar refractivity (Wildman–Crippen MR) is 98.4 cm³/mol. The normalized spacial score (nSPS) is 13.9. The quantitative estimate of drug-likeness (QED) is 0.594. The molecule has 0 saturated carbocycles. The molecule has 0 fully saturated rings. The molecule has 0 saturated heterocycles. The maximum atomic E-state index is 12.0. The zero-order chi connectivity index (χ0) is 18.7. The van der Waals surface area contributed by atoms with Crippen LogP contribution in [0.3, 0.4) is 0 Å². The molecule has 0 heterocycles. The van der Waals surface area contributed by atoms with Crippen LogP contribution in [0.1, 0.15) is 18.9 Å². The van der Waals surface area contributed by atoms with Crippen molar-refractivity contribution >= 4 is 27.3 Å². The first-order valence-electron chi connectivity index (χ1n) is 7.66. The first kappa shape index (κ1) is 19.4. The molecule has 7 heteroatoms. The van der Waals surface area contributed by atoms with E-state index in [0.717, 1.165) is 22.9 Å². The molecule has 25 heavy (non-hydrogen) atoms. The average Bonchev–Trinajstić information content (AvgIpc) is 2.58. The summed E-state index contributed by atoms with van der Waals surface area (Å²) in [5.74, 6) is -0.925. The van der Waals surface area contributed by atoms with E-state index in [1.807, 2.05) is 42.5 Å². The van der Waals surface area contributed by atoms with E-state index >= 15 is 0 Å². The second kappa shape index (κ2) is 7.56. The van der Waals surface area contributed by atoms with E-state index in [2.05, 4.69) is 0 Å². The second-order valence-corrected chi connectivity index (χ2v) is 9.03. The number of benzene rings is 2. The number of hydrogen-bond donors (Lipinski definition) is 2. The smallest absolute Gasteiger partial charge is 0.264 e. The predicted octanol–water partition coefficient (Wildman–Crippen LogP) is 3.25. The molecule has 0 unspecified atom stereocenters. The van der Waals surface area contributed by atoms with E-state index in [-0.39, 0.29) is 6.42 Å². The van der Waals surface area contributed by atoms with Gasteiger partial charge >= 0.3 is 0 Å². The number of halogens is 1. The first-order chi connectivity index (χ1) is 11.7. The van der Waals surface area contributed by atoms with Crippen molar-refractivity contribution in [1.82, 2.24) is 5.48 Å². The molecule has 5 nitrogen and oxygen atoms in total. The molecule has 0 radical (unpaired) electrons. The summed E-state index contributed by atoms with van der Waals surface area (Å²) in [7, 11) is -3.69. The molecule has 2 N–H and O–H groups in total. The van der Waals surface area contributed by atoms with Crippen LogP contribution in [0.4, 0.5) is 0 Å². The molecule has 2 rings (SSSR count). The Labute approximate surface area is 152 Å². The van der Waals surface area contributed by atoms with Gasteiger partial charge in [-0.2, -0.15) is 0 Å². The summed E-state index contributed by atoms with van der Waals surface area (Å²) in [4.78, 5) is 11.8. The fourth-order valence-corrected chi connectivity index (χ4v) is 3.55. The summed E-state index contributed by atoms with van der Waals surface area (Å²) in [6, 6.07) is 15.1. The van der Waals surface area contributed by atoms with Crippen LogP contribution in [0.15, 0.2) is 48.5 Å². The van der Waals surface area contributed by atoms with Gasteiger partial charge in [-0.15, -0.1) is 0 Å². The highest BCUT2D eigenvalue weighted by Gasteiger charge is 2.43. The number of hydroxylamine groups is 1. The Morgan fingerprint density at radius 1 is 1.16 bits per heavy atom. The Balaban J connectivity index is 2.17. The maximum absolute atomic E-state index is 12.0. The fourth-order valence-electron chi connectivity index (χ4n) is 2.50. The number of aryl methyl sites for hydroxylation is 1. The SMILES string of the molecule is C[C@@](CCc1ccc(-c2cccc(Cl)c2)cc1)(C(=O)NO)S(C)(=O)=O. The number of rotatable bonds is 6. The summed E-state index contributed by atoms with van der Waals surface area (Å²) in [5, 5.41) is 9.49. The molecule has 2 aromatic rings. The van der Waals surface area contributed by atoms with Gasteiger partial charge in [0, 0.05) is 11.3 Å². The van der Waals surface area contributed by atoms with E-state index in [9.17, 15) is 13.2 Å². The molecular weight excluding hydrogens is 362 g/mol. The minimum Gasteiger partial charge on any atom is -0.289 e. The fraction of sp³-hybridized carbons (Fsp3) is 0.278. The molecule has 134 valence electrons. The highest BCUT2D eigenvalue weighted by atomic mass is 35.5. The third-order valence-electron chi connectivity index (χ3n) is 4.40. The molecule has 2 aromatic carbocycles. The Hall–Kier alpha value is -1.89. The third kappa shape index (κ3) is 4.39. The van der Waals surface area contributed by atoms with Crippen molar-refractivity contribution in [3.8, 4) is 11.1 Å². The highest BCUT2D eigenvalue weighted by molar-refractivity contribution is 7.92. The molecule has 0 aliphatic rings. The Morgan fingerprint density at radius 2 is 1.80 bits per heavy atom. The Kier molecular flexibility index (Phi) is 5.87. The van der Waals surface area contributed by atoms with Crippen molar-refractivity contribution in [3.05, 3.63) is 59.1 Å². The van der Waals surface area contributed by atoms with Crippen molar-refractivity contribution in [1.29, 1.82) is 0 Å². The minimum atomic E-state index is -3.69. The van der Waals surface area contributed by atoms with Crippen LogP contribution in [0.25, 0.3) is 11.1 Å². The number of sulfone groups is 1. The van der Waals surface area contributed by atoms with Crippen LogP contribution in [0.2, 0.25) is 5.02 Å². The third-order valence-corrected chi connectivity index (χ3v) is 6.66. The number of carbonyl (C=O) groups is 1. The van der Waals surface area contributed by atoms with Gasteiger partial charge in [-0.25, -0.2) is 13.9 Å². The lowest BCUT2D eigenvalue weighted by atomic mass is 9.97. The lowest BCUT2D eigenvalue weighted by molar-refractivity contribution is -0.131. The van der Waals surface area contributed by atoms with Gasteiger partial charge in [0.15, 0.2) is 9.84 Å². The van der Waals surface area contributed by atoms with Crippen LogP contribution in [0.5, 0.6) is 0 Å². The van der Waals surface area contributed by atoms with E-state index in [4.69, 9.17) is 16.8 Å². The van der Waals surface area contributed by atoms with Gasteiger partial charge in [0.05, 0.1) is 0 Å². The van der Waals surface area contributed by atoms with Crippen molar-refractivity contribution in [3.63, 3.8) is 0 Å². The molecule has 1 atom stereocenters. The largest absolute Gasteiger partial charge is 0.289 e. The summed E-state index contributed by atoms with van der Waals surface area (Å²) in [6.07, 6.45) is 1.44. The van der Waals surface area contributed by atoms with Gasteiger partial charge < -0.3 is 0 Å². The zero-order valence-corrected chi connectivity index (χ0v) is 15.6. The van der Waals surface area contributed by atoms with Gasteiger partial charge in [-0.1, -0.05) is 48.0 Å². The summed E-state index contributed by atoms with van der Waals surface area (Å²) < 4.78 is 22.2. The number of carbonyl (C=O) groups excluding carboxylic acids is 1. The van der Waals surface area contributed by atoms with Crippen molar-refractivity contribution in [2.75, 3.05) is 6.26 Å². The standard InChI is InChI=1S/C18H20ClNO4S/c1-18(17(21)20-22,25(2,23)24)11-10-13-6-8-14(9-7-13)15-4-3-5-16(19)12-15/h3-9,12,22H,10-11H2,1-2H3,(H,20,21)/t18-/m1/s1. The van der Waals surface area contributed by atoms with Gasteiger partial charge in [-0.3, -0.25) is 10.0 Å². The molecule has 0 bridgehead atoms. The lowest BCUT2D eigenvalue weighted by Crippen LogP contribution is -2.49. The summed E-state index contributed by atoms with van der Waals surface area (Å²) in [6.45, 7) is 1.31. The average molecular weight is 382 g/mol. The molecule has 0 spiro atoms. The monoisotopic (exact) mass is 381 g/mol. The summed E-state index contributed by atoms with van der Waals surface area (Å²) >= 11 is 6.00. The molecule has 1 amide bonds. The van der Waals surface area contributed by atoms with Crippen LogP contribution in [0, 0.1) is 0 Å². The van der Waals surface area contributed by atoms with Gasteiger partial charge in [0.25, 0.3) is 5.91 Å². The Bertz CT molecular complexity index is 865. The van der Waals surface area contributed by atoms with Crippen LogP contribution >= 0.6 is 11.6 Å². The summed E-state index contributed by atoms with van der Waals surface area (Å²) in [5.41, 5.74) is 4.33. The number of nitrogens with one attached hydrogen (secondary N) is 1.